The zero-order valence-corrected chi connectivity index (χ0v) is 11.6. The average molecular weight is 266 g/mol. The minimum atomic E-state index is -0.119. The first-order chi connectivity index (χ1) is 9.17. The molecule has 1 aliphatic heterocycles. The molecule has 6 heteroatoms. The molecule has 2 heterocycles. The van der Waals surface area contributed by atoms with Crippen molar-refractivity contribution in [2.45, 2.75) is 25.8 Å². The summed E-state index contributed by atoms with van der Waals surface area (Å²) in [4.78, 5) is 16.4. The molecule has 0 aliphatic carbocycles. The Morgan fingerprint density at radius 1 is 1.58 bits per heavy atom. The van der Waals surface area contributed by atoms with Crippen molar-refractivity contribution in [3.63, 3.8) is 0 Å². The monoisotopic (exact) mass is 266 g/mol. The summed E-state index contributed by atoms with van der Waals surface area (Å²) < 4.78 is 1.71. The number of aryl methyl sites for hydroxylation is 1. The van der Waals surface area contributed by atoms with E-state index in [4.69, 9.17) is 5.11 Å². The van der Waals surface area contributed by atoms with Gasteiger partial charge in [0, 0.05) is 26.3 Å². The van der Waals surface area contributed by atoms with Crippen LogP contribution in [-0.4, -0.2) is 58.0 Å². The number of likely N-dealkylation sites (N-methyl/N-ethyl adjacent to an activating group) is 1. The van der Waals surface area contributed by atoms with Gasteiger partial charge in [0.25, 0.3) is 0 Å². The summed E-state index contributed by atoms with van der Waals surface area (Å²) >= 11 is 0. The number of nitrogens with zero attached hydrogens (tertiary/aromatic N) is 4. The minimum Gasteiger partial charge on any atom is -0.395 e. The van der Waals surface area contributed by atoms with Gasteiger partial charge in [0.2, 0.25) is 5.91 Å². The molecule has 106 valence electrons. The SMILES string of the molecule is CCN(CCO)C1CCCN(c2cnn(C)c2)C1=O. The maximum atomic E-state index is 12.6. The molecule has 1 fully saturated rings. The van der Waals surface area contributed by atoms with Crippen LogP contribution in [0.25, 0.3) is 0 Å². The Balaban J connectivity index is 2.13. The van der Waals surface area contributed by atoms with Crippen molar-refractivity contribution in [2.24, 2.45) is 7.05 Å². The van der Waals surface area contributed by atoms with Gasteiger partial charge in [-0.05, 0) is 19.4 Å². The summed E-state index contributed by atoms with van der Waals surface area (Å²) in [6.07, 6.45) is 5.43. The lowest BCUT2D eigenvalue weighted by atomic mass is 10.0. The summed E-state index contributed by atoms with van der Waals surface area (Å²) in [6.45, 7) is 4.18. The van der Waals surface area contributed by atoms with E-state index in [1.165, 1.54) is 0 Å². The highest BCUT2D eigenvalue weighted by Crippen LogP contribution is 2.23. The number of hydrogen-bond acceptors (Lipinski definition) is 4. The molecule has 0 spiro atoms. The largest absolute Gasteiger partial charge is 0.395 e. The highest BCUT2D eigenvalue weighted by atomic mass is 16.3. The lowest BCUT2D eigenvalue weighted by molar-refractivity contribution is -0.125. The third-order valence-electron chi connectivity index (χ3n) is 3.65. The van der Waals surface area contributed by atoms with Crippen LogP contribution < -0.4 is 4.90 Å². The summed E-state index contributed by atoms with van der Waals surface area (Å²) in [5, 5.41) is 13.2. The lowest BCUT2D eigenvalue weighted by Gasteiger charge is -2.37. The van der Waals surface area contributed by atoms with E-state index in [9.17, 15) is 4.79 Å². The van der Waals surface area contributed by atoms with Crippen molar-refractivity contribution in [2.75, 3.05) is 31.1 Å². The Kier molecular flexibility index (Phi) is 4.55. The van der Waals surface area contributed by atoms with Crippen LogP contribution in [0.3, 0.4) is 0 Å². The molecule has 0 radical (unpaired) electrons. The zero-order chi connectivity index (χ0) is 13.8. The van der Waals surface area contributed by atoms with E-state index in [0.29, 0.717) is 6.54 Å². The van der Waals surface area contributed by atoms with Gasteiger partial charge in [-0.3, -0.25) is 14.4 Å². The van der Waals surface area contributed by atoms with Gasteiger partial charge in [0.1, 0.15) is 0 Å². The number of piperidine rings is 1. The van der Waals surface area contributed by atoms with Crippen LogP contribution in [0.1, 0.15) is 19.8 Å². The highest BCUT2D eigenvalue weighted by Gasteiger charge is 2.33. The molecule has 1 aromatic rings. The number of anilines is 1. The van der Waals surface area contributed by atoms with Crippen molar-refractivity contribution in [3.05, 3.63) is 12.4 Å². The molecule has 1 N–H and O–H groups in total. The van der Waals surface area contributed by atoms with Gasteiger partial charge in [-0.25, -0.2) is 0 Å². The fourth-order valence-electron chi connectivity index (χ4n) is 2.66. The molecule has 19 heavy (non-hydrogen) atoms. The van der Waals surface area contributed by atoms with Crippen LogP contribution in [-0.2, 0) is 11.8 Å². The average Bonchev–Trinajstić information content (AvgIpc) is 2.83. The van der Waals surface area contributed by atoms with Crippen LogP contribution in [0.5, 0.6) is 0 Å². The van der Waals surface area contributed by atoms with E-state index in [2.05, 4.69) is 5.10 Å². The number of hydrogen-bond donors (Lipinski definition) is 1. The van der Waals surface area contributed by atoms with Gasteiger partial charge >= 0.3 is 0 Å². The molecule has 1 saturated heterocycles. The zero-order valence-electron chi connectivity index (χ0n) is 11.6. The van der Waals surface area contributed by atoms with Crippen molar-refractivity contribution in [3.8, 4) is 0 Å². The van der Waals surface area contributed by atoms with Gasteiger partial charge < -0.3 is 10.0 Å². The van der Waals surface area contributed by atoms with E-state index in [1.807, 2.05) is 25.1 Å². The fraction of sp³-hybridized carbons (Fsp3) is 0.692. The second-order valence-electron chi connectivity index (χ2n) is 4.87. The molecule has 1 aromatic heterocycles. The second-order valence-corrected chi connectivity index (χ2v) is 4.87. The van der Waals surface area contributed by atoms with Crippen molar-refractivity contribution >= 4 is 11.6 Å². The second kappa shape index (κ2) is 6.16. The summed E-state index contributed by atoms with van der Waals surface area (Å²) in [6, 6.07) is -0.119. The van der Waals surface area contributed by atoms with Crippen LogP contribution in [0.2, 0.25) is 0 Å². The maximum Gasteiger partial charge on any atom is 0.244 e. The van der Waals surface area contributed by atoms with Gasteiger partial charge in [-0.1, -0.05) is 6.92 Å². The lowest BCUT2D eigenvalue weighted by Crippen LogP contribution is -2.53. The normalized spacial score (nSPS) is 20.3. The Morgan fingerprint density at radius 3 is 2.95 bits per heavy atom. The Bertz CT molecular complexity index is 432. The molecule has 1 unspecified atom stereocenters. The number of carbonyl (C=O) groups excluding carboxylic acids is 1. The van der Waals surface area contributed by atoms with E-state index < -0.39 is 0 Å². The minimum absolute atomic E-state index is 0.0878. The predicted molar refractivity (Wildman–Crippen MR) is 72.9 cm³/mol. The molecule has 0 saturated carbocycles. The molecule has 2 rings (SSSR count). The molecular weight excluding hydrogens is 244 g/mol. The van der Waals surface area contributed by atoms with Crippen LogP contribution >= 0.6 is 0 Å². The summed E-state index contributed by atoms with van der Waals surface area (Å²) in [5.74, 6) is 0.120. The number of aromatic nitrogens is 2. The molecule has 1 amide bonds. The molecular formula is C13H22N4O2. The summed E-state index contributed by atoms with van der Waals surface area (Å²) in [5.41, 5.74) is 0.859. The van der Waals surface area contributed by atoms with E-state index in [-0.39, 0.29) is 18.6 Å². The van der Waals surface area contributed by atoms with Crippen LogP contribution in [0.4, 0.5) is 5.69 Å². The number of aliphatic hydroxyl groups is 1. The Morgan fingerprint density at radius 2 is 2.37 bits per heavy atom. The first-order valence-electron chi connectivity index (χ1n) is 6.82. The van der Waals surface area contributed by atoms with E-state index in [0.717, 1.165) is 31.6 Å². The smallest absolute Gasteiger partial charge is 0.244 e. The van der Waals surface area contributed by atoms with Gasteiger partial charge in [0.15, 0.2) is 0 Å². The van der Waals surface area contributed by atoms with E-state index >= 15 is 0 Å². The van der Waals surface area contributed by atoms with Crippen molar-refractivity contribution in [1.29, 1.82) is 0 Å². The molecule has 1 aliphatic rings. The standard InChI is InChI=1S/C13H22N4O2/c1-3-16(7-8-18)12-5-4-6-17(13(12)19)11-9-14-15(2)10-11/h9-10,12,18H,3-8H2,1-2H3. The van der Waals surface area contributed by atoms with Crippen molar-refractivity contribution < 1.29 is 9.90 Å². The quantitative estimate of drug-likeness (QED) is 0.829. The fourth-order valence-corrected chi connectivity index (χ4v) is 2.66. The summed E-state index contributed by atoms with van der Waals surface area (Å²) in [7, 11) is 1.85. The number of rotatable bonds is 5. The number of amides is 1. The van der Waals surface area contributed by atoms with Crippen LogP contribution in [0.15, 0.2) is 12.4 Å². The van der Waals surface area contributed by atoms with Gasteiger partial charge in [-0.2, -0.15) is 5.10 Å². The Labute approximate surface area is 113 Å². The number of carbonyl (C=O) groups is 1. The third kappa shape index (κ3) is 2.96. The van der Waals surface area contributed by atoms with Crippen LogP contribution in [0, 0.1) is 0 Å². The predicted octanol–water partition coefficient (Wildman–Crippen LogP) is 0.230. The topological polar surface area (TPSA) is 61.6 Å². The molecule has 1 atom stereocenters. The van der Waals surface area contributed by atoms with Crippen molar-refractivity contribution in [1.82, 2.24) is 14.7 Å². The van der Waals surface area contributed by atoms with Gasteiger partial charge in [0.05, 0.1) is 24.5 Å². The van der Waals surface area contributed by atoms with Gasteiger partial charge in [-0.15, -0.1) is 0 Å². The highest BCUT2D eigenvalue weighted by molar-refractivity contribution is 5.97. The first-order valence-corrected chi connectivity index (χ1v) is 6.82. The molecule has 0 aromatic carbocycles. The first kappa shape index (κ1) is 14.0. The molecule has 6 nitrogen and oxygen atoms in total. The van der Waals surface area contributed by atoms with E-state index in [1.54, 1.807) is 15.8 Å². The molecule has 0 bridgehead atoms. The maximum absolute atomic E-state index is 12.6. The third-order valence-corrected chi connectivity index (χ3v) is 3.65. The Hall–Kier alpha value is -1.40. The number of aliphatic hydroxyl groups excluding tert-OH is 1.